The van der Waals surface area contributed by atoms with Gasteiger partial charge in [0.15, 0.2) is 11.4 Å². The molecule has 2 heterocycles. The Morgan fingerprint density at radius 1 is 1.11 bits per heavy atom. The van der Waals surface area contributed by atoms with E-state index in [1.54, 1.807) is 48.5 Å². The van der Waals surface area contributed by atoms with Gasteiger partial charge >= 0.3 is 0 Å². The molecule has 1 aliphatic heterocycles. The van der Waals surface area contributed by atoms with E-state index in [-0.39, 0.29) is 18.7 Å². The molecular formula is C21H16ClNO4. The van der Waals surface area contributed by atoms with Crippen LogP contribution < -0.4 is 4.90 Å². The van der Waals surface area contributed by atoms with E-state index in [1.807, 2.05) is 6.07 Å². The maximum absolute atomic E-state index is 13.1. The average molecular weight is 382 g/mol. The van der Waals surface area contributed by atoms with Crippen molar-refractivity contribution in [3.05, 3.63) is 88.8 Å². The number of rotatable bonds is 5. The molecule has 0 unspecified atom stereocenters. The number of nitrogens with zero attached hydrogens (tertiary/aromatic N) is 1. The van der Waals surface area contributed by atoms with Gasteiger partial charge < -0.3 is 14.4 Å². The number of furan rings is 1. The molecular weight excluding hydrogens is 366 g/mol. The molecule has 3 aromatic rings. The molecule has 1 N–H and O–H groups in total. The normalized spacial score (nSPS) is 18.6. The summed E-state index contributed by atoms with van der Waals surface area (Å²) in [5.41, 5.74) is -0.111. The fourth-order valence-corrected chi connectivity index (χ4v) is 3.62. The Morgan fingerprint density at radius 2 is 1.93 bits per heavy atom. The van der Waals surface area contributed by atoms with E-state index >= 15 is 0 Å². The van der Waals surface area contributed by atoms with Crippen LogP contribution >= 0.6 is 11.6 Å². The van der Waals surface area contributed by atoms with Gasteiger partial charge in [0.25, 0.3) is 5.91 Å². The topological polar surface area (TPSA) is 70.8 Å². The smallest absolute Gasteiger partial charge is 0.264 e. The molecule has 4 rings (SSSR count). The quantitative estimate of drug-likeness (QED) is 0.679. The predicted molar refractivity (Wildman–Crippen MR) is 101 cm³/mol. The number of fused-ring (bicyclic) bond motifs is 1. The first-order valence-electron chi connectivity index (χ1n) is 8.44. The number of aliphatic hydroxyl groups is 1. The summed E-state index contributed by atoms with van der Waals surface area (Å²) in [5.74, 6) is -0.860. The second-order valence-corrected chi connectivity index (χ2v) is 6.91. The number of ketones is 1. The van der Waals surface area contributed by atoms with Crippen molar-refractivity contribution in [2.45, 2.75) is 18.6 Å². The van der Waals surface area contributed by atoms with E-state index in [2.05, 4.69) is 0 Å². The molecule has 1 atom stereocenters. The third-order valence-corrected chi connectivity index (χ3v) is 4.92. The van der Waals surface area contributed by atoms with E-state index in [1.165, 1.54) is 17.2 Å². The largest absolute Gasteiger partial charge is 0.461 e. The van der Waals surface area contributed by atoms with Gasteiger partial charge in [0, 0.05) is 10.6 Å². The molecule has 27 heavy (non-hydrogen) atoms. The number of benzene rings is 2. The second kappa shape index (κ2) is 6.68. The first kappa shape index (κ1) is 17.5. The van der Waals surface area contributed by atoms with Gasteiger partial charge in [0.1, 0.15) is 0 Å². The van der Waals surface area contributed by atoms with Gasteiger partial charge in [-0.1, -0.05) is 41.9 Å². The molecule has 1 aliphatic rings. The summed E-state index contributed by atoms with van der Waals surface area (Å²) in [6, 6.07) is 17.2. The van der Waals surface area contributed by atoms with Crippen LogP contribution in [0.5, 0.6) is 0 Å². The number of Topliss-reactive ketones (excluding diaryl/α,β-unsaturated/α-hetero) is 1. The molecule has 136 valence electrons. The van der Waals surface area contributed by atoms with Gasteiger partial charge in [-0.05, 0) is 35.9 Å². The van der Waals surface area contributed by atoms with Crippen LogP contribution in [0.1, 0.15) is 28.1 Å². The lowest BCUT2D eigenvalue weighted by atomic mass is 9.89. The molecule has 2 aromatic carbocycles. The van der Waals surface area contributed by atoms with Gasteiger partial charge in [-0.15, -0.1) is 0 Å². The molecule has 0 spiro atoms. The zero-order chi connectivity index (χ0) is 19.0. The number of hydrogen-bond donors (Lipinski definition) is 1. The van der Waals surface area contributed by atoms with Crippen LogP contribution in [0, 0.1) is 0 Å². The summed E-state index contributed by atoms with van der Waals surface area (Å²) >= 11 is 6.04. The maximum Gasteiger partial charge on any atom is 0.264 e. The van der Waals surface area contributed by atoms with E-state index in [0.717, 1.165) is 5.56 Å². The molecule has 0 bridgehead atoms. The molecule has 1 aromatic heterocycles. The summed E-state index contributed by atoms with van der Waals surface area (Å²) in [6.07, 6.45) is 0.996. The number of carbonyl (C=O) groups excluding carboxylic acids is 2. The second-order valence-electron chi connectivity index (χ2n) is 6.48. The fraction of sp³-hybridized carbons (Fsp3) is 0.143. The van der Waals surface area contributed by atoms with Crippen LogP contribution in [0.25, 0.3) is 0 Å². The zero-order valence-electron chi connectivity index (χ0n) is 14.3. The third-order valence-electron chi connectivity index (χ3n) is 4.68. The highest BCUT2D eigenvalue weighted by Gasteiger charge is 2.51. The Kier molecular flexibility index (Phi) is 4.34. The van der Waals surface area contributed by atoms with E-state index in [9.17, 15) is 14.7 Å². The monoisotopic (exact) mass is 381 g/mol. The summed E-state index contributed by atoms with van der Waals surface area (Å²) in [4.78, 5) is 27.1. The number of carbonyl (C=O) groups is 2. The Labute approximate surface area is 160 Å². The highest BCUT2D eigenvalue weighted by Crippen LogP contribution is 2.43. The van der Waals surface area contributed by atoms with Crippen LogP contribution in [0.2, 0.25) is 5.02 Å². The molecule has 0 fully saturated rings. The number of halogens is 1. The van der Waals surface area contributed by atoms with Gasteiger partial charge in [-0.3, -0.25) is 9.59 Å². The molecule has 5 nitrogen and oxygen atoms in total. The highest BCUT2D eigenvalue weighted by atomic mass is 35.5. The van der Waals surface area contributed by atoms with Crippen LogP contribution in [-0.2, 0) is 16.9 Å². The van der Waals surface area contributed by atoms with Crippen molar-refractivity contribution in [3.63, 3.8) is 0 Å². The number of hydrogen-bond acceptors (Lipinski definition) is 4. The van der Waals surface area contributed by atoms with Gasteiger partial charge in [-0.25, -0.2) is 0 Å². The minimum atomic E-state index is -1.93. The van der Waals surface area contributed by atoms with Crippen molar-refractivity contribution in [2.24, 2.45) is 0 Å². The van der Waals surface area contributed by atoms with E-state index in [0.29, 0.717) is 16.3 Å². The maximum atomic E-state index is 13.1. The minimum absolute atomic E-state index is 0.113. The third kappa shape index (κ3) is 3.05. The molecule has 0 saturated heterocycles. The lowest BCUT2D eigenvalue weighted by Crippen LogP contribution is -2.41. The Bertz CT molecular complexity index is 1010. The lowest BCUT2D eigenvalue weighted by molar-refractivity contribution is -0.136. The van der Waals surface area contributed by atoms with Gasteiger partial charge in [0.2, 0.25) is 5.78 Å². The molecule has 0 aliphatic carbocycles. The lowest BCUT2D eigenvalue weighted by Gasteiger charge is -2.22. The molecule has 6 heteroatoms. The van der Waals surface area contributed by atoms with Crippen molar-refractivity contribution in [1.29, 1.82) is 0 Å². The van der Waals surface area contributed by atoms with Crippen molar-refractivity contribution in [1.82, 2.24) is 0 Å². The Hall–Kier alpha value is -2.89. The summed E-state index contributed by atoms with van der Waals surface area (Å²) in [6.45, 7) is 0.244. The van der Waals surface area contributed by atoms with Crippen molar-refractivity contribution in [2.75, 3.05) is 4.90 Å². The summed E-state index contributed by atoms with van der Waals surface area (Å²) in [7, 11) is 0. The molecule has 0 radical (unpaired) electrons. The molecule has 1 amide bonds. The zero-order valence-corrected chi connectivity index (χ0v) is 15.0. The Balaban J connectivity index is 1.69. The van der Waals surface area contributed by atoms with Crippen molar-refractivity contribution in [3.8, 4) is 0 Å². The van der Waals surface area contributed by atoms with E-state index in [4.69, 9.17) is 16.0 Å². The van der Waals surface area contributed by atoms with E-state index < -0.39 is 17.3 Å². The van der Waals surface area contributed by atoms with Crippen molar-refractivity contribution >= 4 is 29.0 Å². The van der Waals surface area contributed by atoms with Crippen molar-refractivity contribution < 1.29 is 19.1 Å². The standard InChI is InChI=1S/C21H16ClNO4/c22-15-6-3-5-14(11-15)13-23-17-8-2-1-7-16(17)21(26,20(23)25)12-18(24)19-9-4-10-27-19/h1-11,26H,12-13H2/t21-/m0/s1. The average Bonchev–Trinajstić information content (AvgIpc) is 3.26. The summed E-state index contributed by atoms with van der Waals surface area (Å²) < 4.78 is 5.11. The fourth-order valence-electron chi connectivity index (χ4n) is 3.41. The first-order chi connectivity index (χ1) is 13.0. The first-order valence-corrected chi connectivity index (χ1v) is 8.82. The SMILES string of the molecule is O=C(C[C@@]1(O)C(=O)N(Cc2cccc(Cl)c2)c2ccccc21)c1ccco1. The minimum Gasteiger partial charge on any atom is -0.461 e. The number of amides is 1. The summed E-state index contributed by atoms with van der Waals surface area (Å²) in [5, 5.41) is 11.8. The number of anilines is 1. The van der Waals surface area contributed by atoms with Crippen LogP contribution in [0.3, 0.4) is 0 Å². The van der Waals surface area contributed by atoms with Gasteiger partial charge in [0.05, 0.1) is 24.9 Å². The highest BCUT2D eigenvalue weighted by molar-refractivity contribution is 6.30. The Morgan fingerprint density at radius 3 is 2.67 bits per heavy atom. The molecule has 0 saturated carbocycles. The number of para-hydroxylation sites is 1. The van der Waals surface area contributed by atoms with Crippen LogP contribution in [0.15, 0.2) is 71.3 Å². The van der Waals surface area contributed by atoms with Crippen LogP contribution in [-0.4, -0.2) is 16.8 Å². The van der Waals surface area contributed by atoms with Crippen LogP contribution in [0.4, 0.5) is 5.69 Å². The predicted octanol–water partition coefficient (Wildman–Crippen LogP) is 3.94. The van der Waals surface area contributed by atoms with Gasteiger partial charge in [-0.2, -0.15) is 0 Å².